The van der Waals surface area contributed by atoms with Crippen molar-refractivity contribution in [3.05, 3.63) is 77.5 Å². The number of amidine groups is 1. The zero-order valence-electron chi connectivity index (χ0n) is 19.1. The maximum atomic E-state index is 12.6. The molecule has 7 heteroatoms. The molecule has 172 valence electrons. The fourth-order valence-corrected chi connectivity index (χ4v) is 4.02. The van der Waals surface area contributed by atoms with Crippen molar-refractivity contribution in [2.24, 2.45) is 10.7 Å². The van der Waals surface area contributed by atoms with E-state index < -0.39 is 6.04 Å². The molecule has 0 aromatic heterocycles. The van der Waals surface area contributed by atoms with E-state index in [1.165, 1.54) is 0 Å². The third-order valence-electron chi connectivity index (χ3n) is 5.61. The molecule has 7 nitrogen and oxygen atoms in total. The molecule has 3 N–H and O–H groups in total. The number of benzene rings is 2. The summed E-state index contributed by atoms with van der Waals surface area (Å²) in [6.45, 7) is 7.14. The van der Waals surface area contributed by atoms with Crippen LogP contribution in [-0.4, -0.2) is 50.8 Å². The topological polar surface area (TPSA) is 89.2 Å². The predicted molar refractivity (Wildman–Crippen MR) is 132 cm³/mol. The van der Waals surface area contributed by atoms with Crippen molar-refractivity contribution in [2.45, 2.75) is 19.9 Å². The summed E-state index contributed by atoms with van der Waals surface area (Å²) in [6.07, 6.45) is 1.84. The van der Waals surface area contributed by atoms with Crippen LogP contribution in [0.1, 0.15) is 19.4 Å². The van der Waals surface area contributed by atoms with Crippen molar-refractivity contribution in [3.8, 4) is 0 Å². The first-order valence-corrected chi connectivity index (χ1v) is 11.3. The average Bonchev–Trinajstić information content (AvgIpc) is 2.85. The van der Waals surface area contributed by atoms with Crippen LogP contribution in [-0.2, 0) is 14.3 Å². The van der Waals surface area contributed by atoms with E-state index in [2.05, 4.69) is 39.5 Å². The number of hydrogen-bond acceptors (Lipinski definition) is 7. The van der Waals surface area contributed by atoms with Crippen LogP contribution < -0.4 is 16.0 Å². The van der Waals surface area contributed by atoms with E-state index in [0.717, 1.165) is 54.4 Å². The highest BCUT2D eigenvalue weighted by atomic mass is 16.5. The van der Waals surface area contributed by atoms with Crippen LogP contribution >= 0.6 is 0 Å². The summed E-state index contributed by atoms with van der Waals surface area (Å²) >= 11 is 0. The fraction of sp³-hybridized carbons (Fsp3) is 0.308. The van der Waals surface area contributed by atoms with Gasteiger partial charge in [0, 0.05) is 35.7 Å². The molecule has 0 spiro atoms. The first-order chi connectivity index (χ1) is 16.1. The number of dihydropyridines is 1. The average molecular weight is 447 g/mol. The number of allylic oxidation sites excluding steroid dienone is 1. The highest BCUT2D eigenvalue weighted by Gasteiger charge is 2.28. The lowest BCUT2D eigenvalue weighted by Crippen LogP contribution is -2.36. The number of hydrogen-bond donors (Lipinski definition) is 2. The van der Waals surface area contributed by atoms with Gasteiger partial charge in [-0.2, -0.15) is 0 Å². The van der Waals surface area contributed by atoms with E-state index in [4.69, 9.17) is 15.2 Å². The molecule has 1 atom stereocenters. The van der Waals surface area contributed by atoms with Crippen molar-refractivity contribution in [1.29, 1.82) is 0 Å². The number of morpholine rings is 1. The van der Waals surface area contributed by atoms with Gasteiger partial charge in [0.1, 0.15) is 5.84 Å². The lowest BCUT2D eigenvalue weighted by atomic mass is 9.91. The Morgan fingerprint density at radius 1 is 1.15 bits per heavy atom. The van der Waals surface area contributed by atoms with Crippen LogP contribution in [0.2, 0.25) is 0 Å². The summed E-state index contributed by atoms with van der Waals surface area (Å²) in [5.74, 6) is 0.162. The molecular formula is C26H30N4O3. The number of nitrogens with two attached hydrogens (primary N) is 1. The van der Waals surface area contributed by atoms with Gasteiger partial charge in [-0.25, -0.2) is 9.79 Å². The molecule has 2 heterocycles. The minimum atomic E-state index is -0.756. The molecule has 0 aliphatic carbocycles. The van der Waals surface area contributed by atoms with Crippen LogP contribution in [0.5, 0.6) is 0 Å². The monoisotopic (exact) mass is 446 g/mol. The van der Waals surface area contributed by atoms with Gasteiger partial charge in [-0.15, -0.1) is 0 Å². The number of esters is 1. The van der Waals surface area contributed by atoms with E-state index in [1.54, 1.807) is 6.92 Å². The molecular weight excluding hydrogens is 416 g/mol. The molecule has 1 fully saturated rings. The zero-order valence-corrected chi connectivity index (χ0v) is 19.1. The Morgan fingerprint density at radius 3 is 2.48 bits per heavy atom. The van der Waals surface area contributed by atoms with E-state index in [0.29, 0.717) is 18.1 Å². The van der Waals surface area contributed by atoms with Gasteiger partial charge in [0.05, 0.1) is 19.8 Å². The van der Waals surface area contributed by atoms with Gasteiger partial charge in [-0.1, -0.05) is 30.3 Å². The molecule has 4 rings (SSSR count). The van der Waals surface area contributed by atoms with Crippen molar-refractivity contribution in [3.63, 3.8) is 0 Å². The van der Waals surface area contributed by atoms with E-state index in [-0.39, 0.29) is 5.97 Å². The number of nitrogens with one attached hydrogen (secondary N) is 1. The predicted octanol–water partition coefficient (Wildman–Crippen LogP) is 3.60. The van der Waals surface area contributed by atoms with Crippen molar-refractivity contribution >= 4 is 28.8 Å². The van der Waals surface area contributed by atoms with Crippen LogP contribution in [0.4, 0.5) is 11.4 Å². The maximum Gasteiger partial charge on any atom is 0.334 e. The quantitative estimate of drug-likeness (QED) is 0.683. The molecule has 0 radical (unpaired) electrons. The number of aliphatic imine (C=N–C) groups is 1. The summed E-state index contributed by atoms with van der Waals surface area (Å²) < 4.78 is 10.7. The summed E-state index contributed by atoms with van der Waals surface area (Å²) in [5, 5.41) is 3.34. The summed E-state index contributed by atoms with van der Waals surface area (Å²) in [4.78, 5) is 19.6. The standard InChI is InChI=1S/C26H30N4O3/c1-3-33-26(31)23-17-22(19-9-11-21(12-10-19)30-13-15-32-16-14-30)24(18(2)27)25(29-23)28-20-7-5-4-6-8-20/h4-12,17,23H,3,13-16,27H2,1-2H3,(H,28,29). The number of nitrogens with zero attached hydrogens (tertiary/aromatic N) is 2. The van der Waals surface area contributed by atoms with Crippen molar-refractivity contribution < 1.29 is 14.3 Å². The lowest BCUT2D eigenvalue weighted by Gasteiger charge is -2.29. The molecule has 0 amide bonds. The van der Waals surface area contributed by atoms with Gasteiger partial charge in [-0.05, 0) is 55.3 Å². The van der Waals surface area contributed by atoms with Crippen LogP contribution in [0.15, 0.2) is 76.9 Å². The van der Waals surface area contributed by atoms with Gasteiger partial charge in [0.25, 0.3) is 0 Å². The minimum absolute atomic E-state index is 0.294. The Bertz CT molecular complexity index is 1060. The third-order valence-corrected chi connectivity index (χ3v) is 5.61. The normalized spacial score (nSPS) is 19.9. The molecule has 1 saturated heterocycles. The second-order valence-corrected chi connectivity index (χ2v) is 7.95. The molecule has 0 bridgehead atoms. The van der Waals surface area contributed by atoms with Gasteiger partial charge >= 0.3 is 5.97 Å². The Labute approximate surface area is 194 Å². The maximum absolute atomic E-state index is 12.6. The number of ether oxygens (including phenoxy) is 2. The lowest BCUT2D eigenvalue weighted by molar-refractivity contribution is -0.143. The Hall–Kier alpha value is -3.58. The summed E-state index contributed by atoms with van der Waals surface area (Å²) in [6, 6.07) is 17.3. The van der Waals surface area contributed by atoms with Crippen LogP contribution in [0.3, 0.4) is 0 Å². The number of para-hydroxylation sites is 1. The Kier molecular flexibility index (Phi) is 7.10. The smallest absolute Gasteiger partial charge is 0.334 e. The first kappa shape index (κ1) is 22.6. The SMILES string of the molecule is CCOC(=O)C1C=C(c2ccc(N3CCOCC3)cc2)C(=C(C)N)C(Nc2ccccc2)=N1. The molecule has 2 aromatic rings. The largest absolute Gasteiger partial charge is 0.464 e. The second kappa shape index (κ2) is 10.4. The zero-order chi connectivity index (χ0) is 23.2. The first-order valence-electron chi connectivity index (χ1n) is 11.3. The van der Waals surface area contributed by atoms with Gasteiger partial charge in [0.15, 0.2) is 6.04 Å². The highest BCUT2D eigenvalue weighted by molar-refractivity contribution is 6.20. The fourth-order valence-electron chi connectivity index (χ4n) is 4.02. The molecule has 0 saturated carbocycles. The molecule has 33 heavy (non-hydrogen) atoms. The van der Waals surface area contributed by atoms with Gasteiger partial charge in [0.2, 0.25) is 0 Å². The molecule has 2 aromatic carbocycles. The van der Waals surface area contributed by atoms with Gasteiger partial charge in [-0.3, -0.25) is 0 Å². The molecule has 2 aliphatic heterocycles. The Morgan fingerprint density at radius 2 is 1.85 bits per heavy atom. The number of carbonyl (C=O) groups is 1. The molecule has 2 aliphatic rings. The number of carbonyl (C=O) groups excluding carboxylic acids is 1. The minimum Gasteiger partial charge on any atom is -0.464 e. The van der Waals surface area contributed by atoms with E-state index in [9.17, 15) is 4.79 Å². The third kappa shape index (κ3) is 5.26. The van der Waals surface area contributed by atoms with E-state index >= 15 is 0 Å². The van der Waals surface area contributed by atoms with E-state index in [1.807, 2.05) is 43.3 Å². The highest BCUT2D eigenvalue weighted by Crippen LogP contribution is 2.32. The van der Waals surface area contributed by atoms with Crippen LogP contribution in [0.25, 0.3) is 5.57 Å². The second-order valence-electron chi connectivity index (χ2n) is 7.95. The van der Waals surface area contributed by atoms with Gasteiger partial charge < -0.3 is 25.4 Å². The number of anilines is 2. The molecule has 1 unspecified atom stereocenters. The number of rotatable bonds is 5. The van der Waals surface area contributed by atoms with Crippen LogP contribution in [0, 0.1) is 0 Å². The summed E-state index contributed by atoms with van der Waals surface area (Å²) in [7, 11) is 0. The Balaban J connectivity index is 1.70. The van der Waals surface area contributed by atoms with Crippen molar-refractivity contribution in [1.82, 2.24) is 0 Å². The van der Waals surface area contributed by atoms with Crippen molar-refractivity contribution in [2.75, 3.05) is 43.1 Å². The summed E-state index contributed by atoms with van der Waals surface area (Å²) in [5.41, 5.74) is 11.6.